The highest BCUT2D eigenvalue weighted by Crippen LogP contribution is 2.27. The average molecular weight is 264 g/mol. The van der Waals surface area contributed by atoms with E-state index in [1.165, 1.54) is 7.11 Å². The maximum absolute atomic E-state index is 11.5. The highest BCUT2D eigenvalue weighted by atomic mass is 35.5. The molecule has 0 radical (unpaired) electrons. The van der Waals surface area contributed by atoms with E-state index in [1.54, 1.807) is 24.5 Å². The summed E-state index contributed by atoms with van der Waals surface area (Å²) >= 11 is 5.92. The first-order chi connectivity index (χ1) is 8.63. The normalized spacial score (nSPS) is 10.1. The third-order valence-corrected chi connectivity index (χ3v) is 2.72. The van der Waals surface area contributed by atoms with Gasteiger partial charge in [-0.1, -0.05) is 11.6 Å². The summed E-state index contributed by atoms with van der Waals surface area (Å²) in [4.78, 5) is 19.7. The molecule has 0 unspecified atom stereocenters. The first-order valence-corrected chi connectivity index (χ1v) is 5.46. The molecule has 0 aliphatic heterocycles. The molecule has 6 heteroatoms. The second-order valence-corrected chi connectivity index (χ2v) is 3.87. The highest BCUT2D eigenvalue weighted by Gasteiger charge is 2.17. The smallest absolute Gasteiger partial charge is 0.358 e. The van der Waals surface area contributed by atoms with Crippen molar-refractivity contribution in [2.75, 3.05) is 12.8 Å². The number of hydrogen-bond donors (Lipinski definition) is 1. The molecular weight excluding hydrogens is 254 g/mol. The van der Waals surface area contributed by atoms with Gasteiger partial charge in [-0.2, -0.15) is 0 Å². The molecule has 2 heterocycles. The number of nitrogen functional groups attached to an aromatic ring is 1. The number of methoxy groups -OCH3 is 1. The minimum Gasteiger partial charge on any atom is -0.464 e. The number of aromatic nitrogens is 2. The van der Waals surface area contributed by atoms with Crippen LogP contribution in [0.15, 0.2) is 30.6 Å². The summed E-state index contributed by atoms with van der Waals surface area (Å²) in [5.74, 6) is -0.627. The molecule has 0 saturated carbocycles. The SMILES string of the molecule is COC(=O)c1nc(-c2cccnc2)cc(N)c1Cl. The molecule has 0 fully saturated rings. The Kier molecular flexibility index (Phi) is 3.43. The number of halogens is 1. The Bertz CT molecular complexity index is 587. The zero-order chi connectivity index (χ0) is 13.1. The van der Waals surface area contributed by atoms with Crippen molar-refractivity contribution in [3.63, 3.8) is 0 Å². The summed E-state index contributed by atoms with van der Waals surface area (Å²) in [6.45, 7) is 0. The molecule has 5 nitrogen and oxygen atoms in total. The van der Waals surface area contributed by atoms with Gasteiger partial charge in [-0.05, 0) is 18.2 Å². The van der Waals surface area contributed by atoms with Crippen molar-refractivity contribution in [1.29, 1.82) is 0 Å². The number of carbonyl (C=O) groups is 1. The molecule has 0 saturated heterocycles. The predicted molar refractivity (Wildman–Crippen MR) is 68.2 cm³/mol. The average Bonchev–Trinajstić information content (AvgIpc) is 2.41. The van der Waals surface area contributed by atoms with Crippen molar-refractivity contribution < 1.29 is 9.53 Å². The molecule has 0 spiro atoms. The lowest BCUT2D eigenvalue weighted by Gasteiger charge is -2.07. The van der Waals surface area contributed by atoms with E-state index in [2.05, 4.69) is 14.7 Å². The lowest BCUT2D eigenvalue weighted by molar-refractivity contribution is 0.0594. The summed E-state index contributed by atoms with van der Waals surface area (Å²) in [7, 11) is 1.26. The van der Waals surface area contributed by atoms with E-state index in [9.17, 15) is 4.79 Å². The van der Waals surface area contributed by atoms with Gasteiger partial charge in [-0.15, -0.1) is 0 Å². The molecule has 92 valence electrons. The van der Waals surface area contributed by atoms with Crippen molar-refractivity contribution in [2.24, 2.45) is 0 Å². The van der Waals surface area contributed by atoms with Crippen LogP contribution < -0.4 is 5.73 Å². The quantitative estimate of drug-likeness (QED) is 0.840. The molecule has 0 atom stereocenters. The third kappa shape index (κ3) is 2.26. The molecule has 2 rings (SSSR count). The van der Waals surface area contributed by atoms with Crippen molar-refractivity contribution >= 4 is 23.3 Å². The third-order valence-electron chi connectivity index (χ3n) is 2.32. The van der Waals surface area contributed by atoms with E-state index in [1.807, 2.05) is 6.07 Å². The molecule has 0 aliphatic carbocycles. The minimum atomic E-state index is -0.627. The van der Waals surface area contributed by atoms with Crippen LogP contribution in [0.4, 0.5) is 5.69 Å². The molecule has 0 aromatic carbocycles. The monoisotopic (exact) mass is 263 g/mol. The van der Waals surface area contributed by atoms with Crippen LogP contribution in [0, 0.1) is 0 Å². The summed E-state index contributed by atoms with van der Waals surface area (Å²) in [5.41, 5.74) is 7.28. The zero-order valence-corrected chi connectivity index (χ0v) is 10.3. The second-order valence-electron chi connectivity index (χ2n) is 3.49. The number of esters is 1. The summed E-state index contributed by atoms with van der Waals surface area (Å²) in [6.07, 6.45) is 3.26. The first kappa shape index (κ1) is 12.3. The number of nitrogens with zero attached hydrogens (tertiary/aromatic N) is 2. The Balaban J connectivity index is 2.58. The van der Waals surface area contributed by atoms with E-state index in [0.29, 0.717) is 5.69 Å². The van der Waals surface area contributed by atoms with Gasteiger partial charge in [0.15, 0.2) is 5.69 Å². The molecule has 0 amide bonds. The van der Waals surface area contributed by atoms with Crippen LogP contribution >= 0.6 is 11.6 Å². The highest BCUT2D eigenvalue weighted by molar-refractivity contribution is 6.35. The van der Waals surface area contributed by atoms with Gasteiger partial charge < -0.3 is 10.5 Å². The standard InChI is InChI=1S/C12H10ClN3O2/c1-18-12(17)11-10(13)8(14)5-9(16-11)7-3-2-4-15-6-7/h2-6H,1H3,(H2,14,16). The van der Waals surface area contributed by atoms with Crippen LogP contribution in [0.2, 0.25) is 5.02 Å². The van der Waals surface area contributed by atoms with Crippen LogP contribution in [0.1, 0.15) is 10.5 Å². The number of pyridine rings is 2. The number of carbonyl (C=O) groups excluding carboxylic acids is 1. The van der Waals surface area contributed by atoms with Gasteiger partial charge in [0.1, 0.15) is 0 Å². The molecule has 2 N–H and O–H groups in total. The largest absolute Gasteiger partial charge is 0.464 e. The topological polar surface area (TPSA) is 78.1 Å². The Hall–Kier alpha value is -2.14. The van der Waals surface area contributed by atoms with Crippen molar-refractivity contribution in [2.45, 2.75) is 0 Å². The van der Waals surface area contributed by atoms with Crippen LogP contribution in [0.25, 0.3) is 11.3 Å². The van der Waals surface area contributed by atoms with Crippen molar-refractivity contribution in [1.82, 2.24) is 9.97 Å². The Morgan fingerprint density at radius 3 is 2.89 bits per heavy atom. The number of ether oxygens (including phenoxy) is 1. The minimum absolute atomic E-state index is 0.00183. The lowest BCUT2D eigenvalue weighted by Crippen LogP contribution is -2.08. The van der Waals surface area contributed by atoms with Gasteiger partial charge in [0.25, 0.3) is 0 Å². The zero-order valence-electron chi connectivity index (χ0n) is 9.55. The Morgan fingerprint density at radius 1 is 1.50 bits per heavy atom. The fourth-order valence-electron chi connectivity index (χ4n) is 1.44. The van der Waals surface area contributed by atoms with Crippen LogP contribution in [-0.4, -0.2) is 23.0 Å². The van der Waals surface area contributed by atoms with Gasteiger partial charge in [-0.3, -0.25) is 4.98 Å². The van der Waals surface area contributed by atoms with E-state index < -0.39 is 5.97 Å². The van der Waals surface area contributed by atoms with Gasteiger partial charge in [0, 0.05) is 18.0 Å². The van der Waals surface area contributed by atoms with Crippen LogP contribution in [0.3, 0.4) is 0 Å². The van der Waals surface area contributed by atoms with Gasteiger partial charge in [0.2, 0.25) is 0 Å². The van der Waals surface area contributed by atoms with Gasteiger partial charge in [-0.25, -0.2) is 9.78 Å². The number of anilines is 1. The van der Waals surface area contributed by atoms with Gasteiger partial charge in [0.05, 0.1) is 23.5 Å². The summed E-state index contributed by atoms with van der Waals surface area (Å²) < 4.78 is 4.61. The van der Waals surface area contributed by atoms with E-state index in [4.69, 9.17) is 17.3 Å². The summed E-state index contributed by atoms with van der Waals surface area (Å²) in [6, 6.07) is 5.16. The first-order valence-electron chi connectivity index (χ1n) is 5.08. The van der Waals surface area contributed by atoms with E-state index in [0.717, 1.165) is 5.56 Å². The van der Waals surface area contributed by atoms with E-state index >= 15 is 0 Å². The fraction of sp³-hybridized carbons (Fsp3) is 0.0833. The molecule has 18 heavy (non-hydrogen) atoms. The molecule has 0 aliphatic rings. The van der Waals surface area contributed by atoms with Crippen LogP contribution in [-0.2, 0) is 4.74 Å². The Morgan fingerprint density at radius 2 is 2.28 bits per heavy atom. The summed E-state index contributed by atoms with van der Waals surface area (Å²) in [5, 5.41) is 0.0921. The lowest BCUT2D eigenvalue weighted by atomic mass is 10.1. The fourth-order valence-corrected chi connectivity index (χ4v) is 1.62. The van der Waals surface area contributed by atoms with E-state index in [-0.39, 0.29) is 16.4 Å². The number of rotatable bonds is 2. The maximum Gasteiger partial charge on any atom is 0.358 e. The molecule has 0 bridgehead atoms. The predicted octanol–water partition coefficient (Wildman–Crippen LogP) is 2.17. The second kappa shape index (κ2) is 5.01. The van der Waals surface area contributed by atoms with Crippen molar-refractivity contribution in [3.05, 3.63) is 41.3 Å². The van der Waals surface area contributed by atoms with Crippen LogP contribution in [0.5, 0.6) is 0 Å². The maximum atomic E-state index is 11.5. The molecule has 2 aromatic heterocycles. The van der Waals surface area contributed by atoms with Gasteiger partial charge >= 0.3 is 5.97 Å². The Labute approximate surface area is 109 Å². The number of nitrogens with two attached hydrogens (primary N) is 1. The number of hydrogen-bond acceptors (Lipinski definition) is 5. The molecule has 2 aromatic rings. The molecular formula is C12H10ClN3O2. The van der Waals surface area contributed by atoms with Crippen molar-refractivity contribution in [3.8, 4) is 11.3 Å².